The van der Waals surface area contributed by atoms with E-state index in [1.807, 2.05) is 0 Å². The first kappa shape index (κ1) is 23.3. The van der Waals surface area contributed by atoms with Crippen LogP contribution in [0.3, 0.4) is 0 Å². The minimum Gasteiger partial charge on any atom is -0.482 e. The van der Waals surface area contributed by atoms with Crippen LogP contribution < -0.4 is 10.1 Å². The summed E-state index contributed by atoms with van der Waals surface area (Å²) in [5, 5.41) is 18.7. The molecule has 0 saturated heterocycles. The molecular weight excluding hydrogens is 404 g/mol. The maximum absolute atomic E-state index is 12.4. The van der Waals surface area contributed by atoms with E-state index >= 15 is 0 Å². The second-order valence-electron chi connectivity index (χ2n) is 6.35. The van der Waals surface area contributed by atoms with Crippen molar-refractivity contribution in [3.63, 3.8) is 0 Å². The highest BCUT2D eigenvalue weighted by Crippen LogP contribution is 2.15. The fourth-order valence-corrected chi connectivity index (χ4v) is 2.56. The Morgan fingerprint density at radius 1 is 0.871 bits per heavy atom. The van der Waals surface area contributed by atoms with Gasteiger partial charge in [0.25, 0.3) is 0 Å². The van der Waals surface area contributed by atoms with Crippen LogP contribution in [0.2, 0.25) is 0 Å². The molecule has 2 rings (SSSR count). The van der Waals surface area contributed by atoms with Gasteiger partial charge in [-0.05, 0) is 31.2 Å². The molecule has 3 N–H and O–H groups in total. The van der Waals surface area contributed by atoms with Gasteiger partial charge < -0.3 is 14.6 Å². The predicted octanol–water partition coefficient (Wildman–Crippen LogP) is 3.07. The molecule has 9 heteroatoms. The summed E-state index contributed by atoms with van der Waals surface area (Å²) in [6.45, 7) is 1.37. The van der Waals surface area contributed by atoms with Gasteiger partial charge in [-0.15, -0.1) is 0 Å². The van der Waals surface area contributed by atoms with Gasteiger partial charge in [0.05, 0.1) is 6.61 Å². The number of aliphatic carboxylic acids is 1. The fourth-order valence-electron chi connectivity index (χ4n) is 2.56. The summed E-state index contributed by atoms with van der Waals surface area (Å²) >= 11 is 0. The number of carboxylic acids is 1. The number of carbonyl (C=O) groups excluding carboxylic acids is 3. The number of carboxylic acid groups (broad SMARTS) is 1. The van der Waals surface area contributed by atoms with E-state index in [9.17, 15) is 19.2 Å². The number of ketones is 2. The summed E-state index contributed by atoms with van der Waals surface area (Å²) < 4.78 is 9.72. The molecule has 0 aliphatic rings. The first-order chi connectivity index (χ1) is 14.8. The van der Waals surface area contributed by atoms with Crippen LogP contribution in [0.15, 0.2) is 48.5 Å². The summed E-state index contributed by atoms with van der Waals surface area (Å²) in [5.74, 6) is -1.37. The van der Waals surface area contributed by atoms with E-state index in [0.29, 0.717) is 22.4 Å². The molecule has 0 unspecified atom stereocenters. The van der Waals surface area contributed by atoms with Crippen LogP contribution in [0.4, 0.5) is 4.79 Å². The second-order valence-corrected chi connectivity index (χ2v) is 6.35. The number of rotatable bonds is 10. The van der Waals surface area contributed by atoms with Crippen molar-refractivity contribution in [3.8, 4) is 5.75 Å². The Bertz CT molecular complexity index is 966. The van der Waals surface area contributed by atoms with Crippen molar-refractivity contribution in [3.05, 3.63) is 65.2 Å². The molecule has 31 heavy (non-hydrogen) atoms. The largest absolute Gasteiger partial charge is 0.482 e. The zero-order valence-corrected chi connectivity index (χ0v) is 16.8. The van der Waals surface area contributed by atoms with Gasteiger partial charge in [-0.2, -0.15) is 0 Å². The van der Waals surface area contributed by atoms with Crippen molar-refractivity contribution in [2.24, 2.45) is 0 Å². The average Bonchev–Trinajstić information content (AvgIpc) is 2.76. The number of nitrogens with one attached hydrogen (secondary N) is 2. The molecule has 0 fully saturated rings. The Morgan fingerprint density at radius 3 is 1.84 bits per heavy atom. The van der Waals surface area contributed by atoms with Crippen LogP contribution in [0, 0.1) is 5.41 Å². The molecule has 162 valence electrons. The van der Waals surface area contributed by atoms with E-state index in [1.165, 1.54) is 48.5 Å². The van der Waals surface area contributed by atoms with Crippen LogP contribution in [0.1, 0.15) is 46.0 Å². The number of amidine groups is 1. The smallest absolute Gasteiger partial charge is 0.412 e. The molecule has 2 aromatic carbocycles. The van der Waals surface area contributed by atoms with E-state index in [0.717, 1.165) is 0 Å². The first-order valence-electron chi connectivity index (χ1n) is 9.44. The predicted molar refractivity (Wildman–Crippen MR) is 111 cm³/mol. The maximum Gasteiger partial charge on any atom is 0.412 e. The highest BCUT2D eigenvalue weighted by Gasteiger charge is 2.13. The van der Waals surface area contributed by atoms with Gasteiger partial charge in [0.2, 0.25) is 0 Å². The number of Topliss-reactive ketones (excluding diaryl/α,β-unsaturated/α-hetero) is 2. The van der Waals surface area contributed by atoms with Crippen molar-refractivity contribution < 1.29 is 33.8 Å². The maximum atomic E-state index is 12.4. The lowest BCUT2D eigenvalue weighted by Gasteiger charge is -2.08. The summed E-state index contributed by atoms with van der Waals surface area (Å²) in [4.78, 5) is 46.5. The van der Waals surface area contributed by atoms with E-state index in [-0.39, 0.29) is 36.9 Å². The number of carbonyl (C=O) groups is 4. The Labute approximate surface area is 178 Å². The van der Waals surface area contributed by atoms with E-state index in [2.05, 4.69) is 5.32 Å². The van der Waals surface area contributed by atoms with Crippen molar-refractivity contribution in [1.29, 1.82) is 5.41 Å². The minimum absolute atomic E-state index is 0.00790. The molecule has 0 bridgehead atoms. The van der Waals surface area contributed by atoms with E-state index < -0.39 is 18.7 Å². The van der Waals surface area contributed by atoms with E-state index in [4.69, 9.17) is 20.0 Å². The Balaban J connectivity index is 1.87. The van der Waals surface area contributed by atoms with Gasteiger partial charge in [0, 0.05) is 29.5 Å². The Hall–Kier alpha value is -4.01. The van der Waals surface area contributed by atoms with Crippen molar-refractivity contribution in [2.45, 2.75) is 19.8 Å². The van der Waals surface area contributed by atoms with Gasteiger partial charge in [-0.25, -0.2) is 9.59 Å². The van der Waals surface area contributed by atoms with Crippen LogP contribution >= 0.6 is 0 Å². The molecule has 0 aliphatic heterocycles. The quantitative estimate of drug-likeness (QED) is 0.301. The van der Waals surface area contributed by atoms with Crippen LogP contribution in [0.25, 0.3) is 0 Å². The van der Waals surface area contributed by atoms with Crippen molar-refractivity contribution >= 4 is 29.5 Å². The number of ether oxygens (including phenoxy) is 2. The van der Waals surface area contributed by atoms with Gasteiger partial charge in [-0.1, -0.05) is 24.3 Å². The zero-order valence-electron chi connectivity index (χ0n) is 16.8. The molecular formula is C22H22N2O7. The summed E-state index contributed by atoms with van der Waals surface area (Å²) in [6, 6.07) is 12.1. The third-order valence-corrected chi connectivity index (χ3v) is 4.12. The number of hydrogen-bond donors (Lipinski definition) is 3. The summed E-state index contributed by atoms with van der Waals surface area (Å²) in [5.41, 5.74) is 1.19. The Kier molecular flexibility index (Phi) is 8.44. The first-order valence-corrected chi connectivity index (χ1v) is 9.44. The molecule has 0 saturated carbocycles. The normalized spacial score (nSPS) is 10.1. The van der Waals surface area contributed by atoms with Gasteiger partial charge in [0.1, 0.15) is 11.6 Å². The highest BCUT2D eigenvalue weighted by atomic mass is 16.5. The Morgan fingerprint density at radius 2 is 1.35 bits per heavy atom. The second kappa shape index (κ2) is 11.2. The molecule has 1 amide bonds. The standard InChI is InChI=1S/C22H22N2O7/c1-2-30-22(29)24-21(23)16-5-3-14(4-6-16)18(25)11-12-19(26)15-7-9-17(10-8-15)31-13-20(27)28/h3-10H,2,11-13H2,1H3,(H,27,28)(H2,23,24,29). The van der Waals surface area contributed by atoms with Gasteiger partial charge >= 0.3 is 12.1 Å². The number of benzene rings is 2. The van der Waals surface area contributed by atoms with Crippen molar-refractivity contribution in [2.75, 3.05) is 13.2 Å². The number of alkyl carbamates (subject to hydrolysis) is 1. The third-order valence-electron chi connectivity index (χ3n) is 4.12. The summed E-state index contributed by atoms with van der Waals surface area (Å²) in [7, 11) is 0. The lowest BCUT2D eigenvalue weighted by molar-refractivity contribution is -0.139. The zero-order chi connectivity index (χ0) is 22.8. The fraction of sp³-hybridized carbons (Fsp3) is 0.227. The monoisotopic (exact) mass is 426 g/mol. The number of hydrogen-bond acceptors (Lipinski definition) is 7. The molecule has 0 aliphatic carbocycles. The van der Waals surface area contributed by atoms with Gasteiger partial charge in [0.15, 0.2) is 18.2 Å². The lowest BCUT2D eigenvalue weighted by atomic mass is 10.0. The molecule has 0 aromatic heterocycles. The minimum atomic E-state index is -1.10. The average molecular weight is 426 g/mol. The van der Waals surface area contributed by atoms with Gasteiger partial charge in [-0.3, -0.25) is 20.3 Å². The number of amides is 1. The van der Waals surface area contributed by atoms with E-state index in [1.54, 1.807) is 6.92 Å². The molecule has 2 aromatic rings. The lowest BCUT2D eigenvalue weighted by Crippen LogP contribution is -2.31. The molecule has 0 heterocycles. The van der Waals surface area contributed by atoms with Crippen LogP contribution in [0.5, 0.6) is 5.75 Å². The summed E-state index contributed by atoms with van der Waals surface area (Å²) in [6.07, 6.45) is -0.711. The molecule has 0 atom stereocenters. The molecule has 0 radical (unpaired) electrons. The SMILES string of the molecule is CCOC(=O)NC(=N)c1ccc(C(=O)CCC(=O)c2ccc(OCC(=O)O)cc2)cc1. The van der Waals surface area contributed by atoms with Crippen LogP contribution in [-0.2, 0) is 9.53 Å². The molecule has 9 nitrogen and oxygen atoms in total. The highest BCUT2D eigenvalue weighted by molar-refractivity contribution is 6.06. The third kappa shape index (κ3) is 7.39. The molecule has 0 spiro atoms. The van der Waals surface area contributed by atoms with Crippen molar-refractivity contribution in [1.82, 2.24) is 5.32 Å². The van der Waals surface area contributed by atoms with Crippen LogP contribution in [-0.4, -0.2) is 47.8 Å². The topological polar surface area (TPSA) is 143 Å².